The number of nitrogens with zero attached hydrogens (tertiary/aromatic N) is 1. The summed E-state index contributed by atoms with van der Waals surface area (Å²) in [6.07, 6.45) is 0. The molecule has 1 aliphatic rings. The average Bonchev–Trinajstić information content (AvgIpc) is 2.31. The summed E-state index contributed by atoms with van der Waals surface area (Å²) in [4.78, 5) is 14.2. The molecule has 2 rings (SSSR count). The Balaban J connectivity index is 2.27. The summed E-state index contributed by atoms with van der Waals surface area (Å²) in [6, 6.07) is 4.16. The first kappa shape index (κ1) is 12.7. The maximum absolute atomic E-state index is 12.4. The second-order valence-corrected chi connectivity index (χ2v) is 5.15. The zero-order valence-corrected chi connectivity index (χ0v) is 10.6. The van der Waals surface area contributed by atoms with Crippen molar-refractivity contribution in [1.29, 1.82) is 0 Å². The first-order valence-corrected chi connectivity index (χ1v) is 5.96. The van der Waals surface area contributed by atoms with Crippen LogP contribution in [0, 0.1) is 0 Å². The molecule has 1 aliphatic heterocycles. The molecule has 5 heteroatoms. The van der Waals surface area contributed by atoms with Crippen LogP contribution in [0.25, 0.3) is 0 Å². The van der Waals surface area contributed by atoms with E-state index in [9.17, 15) is 15.0 Å². The Bertz CT molecular complexity index is 471. The third kappa shape index (κ3) is 2.26. The van der Waals surface area contributed by atoms with Crippen LogP contribution < -0.4 is 5.32 Å². The van der Waals surface area contributed by atoms with Crippen LogP contribution in [-0.4, -0.2) is 46.2 Å². The Morgan fingerprint density at radius 1 is 1.33 bits per heavy atom. The predicted molar refractivity (Wildman–Crippen MR) is 67.8 cm³/mol. The molecule has 1 heterocycles. The van der Waals surface area contributed by atoms with Crippen LogP contribution >= 0.6 is 0 Å². The third-order valence-electron chi connectivity index (χ3n) is 3.27. The molecule has 98 valence electrons. The van der Waals surface area contributed by atoms with Crippen LogP contribution in [0.5, 0.6) is 11.5 Å². The topological polar surface area (TPSA) is 72.8 Å². The molecule has 3 N–H and O–H groups in total. The molecule has 18 heavy (non-hydrogen) atoms. The van der Waals surface area contributed by atoms with Gasteiger partial charge in [0.25, 0.3) is 5.91 Å². The number of piperazine rings is 1. The average molecular weight is 250 g/mol. The summed E-state index contributed by atoms with van der Waals surface area (Å²) in [5.41, 5.74) is 0.128. The molecule has 0 bridgehead atoms. The predicted octanol–water partition coefficient (Wildman–Crippen LogP) is 0.922. The van der Waals surface area contributed by atoms with E-state index >= 15 is 0 Å². The minimum atomic E-state index is -0.270. The molecular formula is C13H18N2O3. The van der Waals surface area contributed by atoms with Gasteiger partial charge < -0.3 is 20.4 Å². The van der Waals surface area contributed by atoms with Crippen LogP contribution in [0.4, 0.5) is 0 Å². The van der Waals surface area contributed by atoms with E-state index in [1.165, 1.54) is 18.2 Å². The summed E-state index contributed by atoms with van der Waals surface area (Å²) < 4.78 is 0. The Hall–Kier alpha value is -1.75. The maximum Gasteiger partial charge on any atom is 0.254 e. The van der Waals surface area contributed by atoms with Crippen LogP contribution in [0.15, 0.2) is 18.2 Å². The van der Waals surface area contributed by atoms with E-state index in [-0.39, 0.29) is 22.9 Å². The molecule has 0 saturated carbocycles. The Morgan fingerprint density at radius 2 is 2.06 bits per heavy atom. The molecule has 0 aromatic heterocycles. The third-order valence-corrected chi connectivity index (χ3v) is 3.27. The number of benzene rings is 1. The fourth-order valence-corrected chi connectivity index (χ4v) is 2.17. The van der Waals surface area contributed by atoms with Crippen molar-refractivity contribution in [2.75, 3.05) is 19.6 Å². The molecule has 1 aromatic rings. The number of hydrogen-bond donors (Lipinski definition) is 3. The van der Waals surface area contributed by atoms with Gasteiger partial charge in [0.15, 0.2) is 11.5 Å². The first-order valence-electron chi connectivity index (χ1n) is 5.96. The van der Waals surface area contributed by atoms with Crippen LogP contribution in [-0.2, 0) is 0 Å². The summed E-state index contributed by atoms with van der Waals surface area (Å²) in [7, 11) is 0. The molecule has 0 spiro atoms. The van der Waals surface area contributed by atoms with Gasteiger partial charge in [-0.15, -0.1) is 0 Å². The molecule has 0 atom stereocenters. The molecule has 5 nitrogen and oxygen atoms in total. The summed E-state index contributed by atoms with van der Waals surface area (Å²) in [5, 5.41) is 21.9. The molecule has 0 unspecified atom stereocenters. The zero-order valence-electron chi connectivity index (χ0n) is 10.6. The van der Waals surface area contributed by atoms with Crippen molar-refractivity contribution in [2.24, 2.45) is 0 Å². The number of nitrogens with one attached hydrogen (secondary N) is 1. The number of carbonyl (C=O) groups excluding carboxylic acids is 1. The summed E-state index contributed by atoms with van der Waals surface area (Å²) in [6.45, 7) is 6.13. The highest BCUT2D eigenvalue weighted by molar-refractivity contribution is 5.95. The highest BCUT2D eigenvalue weighted by Crippen LogP contribution is 2.27. The van der Waals surface area contributed by atoms with Crippen molar-refractivity contribution in [3.63, 3.8) is 0 Å². The first-order chi connectivity index (χ1) is 8.42. The van der Waals surface area contributed by atoms with Gasteiger partial charge in [-0.1, -0.05) is 0 Å². The lowest BCUT2D eigenvalue weighted by molar-refractivity contribution is 0.0477. The van der Waals surface area contributed by atoms with Gasteiger partial charge in [0, 0.05) is 25.2 Å². The zero-order chi connectivity index (χ0) is 13.3. The molecule has 0 radical (unpaired) electrons. The smallest absolute Gasteiger partial charge is 0.254 e. The van der Waals surface area contributed by atoms with Crippen molar-refractivity contribution < 1.29 is 15.0 Å². The van der Waals surface area contributed by atoms with E-state index in [0.29, 0.717) is 12.1 Å². The van der Waals surface area contributed by atoms with E-state index in [2.05, 4.69) is 5.32 Å². The minimum absolute atomic E-state index is 0.128. The van der Waals surface area contributed by atoms with Gasteiger partial charge in [-0.25, -0.2) is 0 Å². The highest BCUT2D eigenvalue weighted by Gasteiger charge is 2.33. The lowest BCUT2D eigenvalue weighted by atomic mass is 9.98. The van der Waals surface area contributed by atoms with Crippen molar-refractivity contribution in [3.8, 4) is 11.5 Å². The monoisotopic (exact) mass is 250 g/mol. The molecule has 1 aromatic carbocycles. The number of hydrogen-bond acceptors (Lipinski definition) is 4. The van der Waals surface area contributed by atoms with Crippen molar-refractivity contribution in [1.82, 2.24) is 10.2 Å². The van der Waals surface area contributed by atoms with Gasteiger partial charge in [-0.2, -0.15) is 0 Å². The van der Waals surface area contributed by atoms with Crippen molar-refractivity contribution in [2.45, 2.75) is 19.4 Å². The highest BCUT2D eigenvalue weighted by atomic mass is 16.3. The lowest BCUT2D eigenvalue weighted by Gasteiger charge is -2.42. The van der Waals surface area contributed by atoms with Gasteiger partial charge in [0.1, 0.15) is 0 Å². The summed E-state index contributed by atoms with van der Waals surface area (Å²) >= 11 is 0. The quantitative estimate of drug-likeness (QED) is 0.648. The van der Waals surface area contributed by atoms with Gasteiger partial charge >= 0.3 is 0 Å². The Morgan fingerprint density at radius 3 is 2.67 bits per heavy atom. The molecule has 1 fully saturated rings. The molecule has 1 amide bonds. The van der Waals surface area contributed by atoms with Crippen LogP contribution in [0.3, 0.4) is 0 Å². The molecular weight excluding hydrogens is 232 g/mol. The van der Waals surface area contributed by atoms with Gasteiger partial charge in [0.05, 0.1) is 5.54 Å². The summed E-state index contributed by atoms with van der Waals surface area (Å²) in [5.74, 6) is -0.614. The van der Waals surface area contributed by atoms with E-state index < -0.39 is 0 Å². The minimum Gasteiger partial charge on any atom is -0.504 e. The fraction of sp³-hybridized carbons (Fsp3) is 0.462. The number of phenols is 2. The van der Waals surface area contributed by atoms with E-state index in [0.717, 1.165) is 13.1 Å². The van der Waals surface area contributed by atoms with Gasteiger partial charge in [0.2, 0.25) is 0 Å². The van der Waals surface area contributed by atoms with Crippen molar-refractivity contribution >= 4 is 5.91 Å². The van der Waals surface area contributed by atoms with Crippen LogP contribution in [0.2, 0.25) is 0 Å². The number of carbonyl (C=O) groups is 1. The van der Waals surface area contributed by atoms with E-state index in [1.807, 2.05) is 13.8 Å². The van der Waals surface area contributed by atoms with Gasteiger partial charge in [-0.05, 0) is 32.0 Å². The van der Waals surface area contributed by atoms with Crippen LogP contribution in [0.1, 0.15) is 24.2 Å². The molecule has 0 aliphatic carbocycles. The number of phenolic OH excluding ortho intramolecular Hbond substituents is 2. The standard InChI is InChI=1S/C13H18N2O3/c1-13(2)8-14-5-6-15(13)12(18)9-3-4-10(16)11(17)7-9/h3-4,7,14,16-17H,5-6,8H2,1-2H3. The normalized spacial score (nSPS) is 18.7. The Kier molecular flexibility index (Phi) is 3.17. The fourth-order valence-electron chi connectivity index (χ4n) is 2.17. The molecule has 1 saturated heterocycles. The second-order valence-electron chi connectivity index (χ2n) is 5.15. The van der Waals surface area contributed by atoms with E-state index in [1.54, 1.807) is 4.90 Å². The number of amides is 1. The lowest BCUT2D eigenvalue weighted by Crippen LogP contribution is -2.59. The van der Waals surface area contributed by atoms with Crippen molar-refractivity contribution in [3.05, 3.63) is 23.8 Å². The number of rotatable bonds is 1. The largest absolute Gasteiger partial charge is 0.504 e. The number of aromatic hydroxyl groups is 2. The maximum atomic E-state index is 12.4. The second kappa shape index (κ2) is 4.49. The van der Waals surface area contributed by atoms with Gasteiger partial charge in [-0.3, -0.25) is 4.79 Å². The van der Waals surface area contributed by atoms with E-state index in [4.69, 9.17) is 0 Å². The SMILES string of the molecule is CC1(C)CNCCN1C(=O)c1ccc(O)c(O)c1. The Labute approximate surface area is 106 Å².